The van der Waals surface area contributed by atoms with E-state index >= 15 is 0 Å². The molecule has 0 fully saturated rings. The Hall–Kier alpha value is -2.04. The lowest BCUT2D eigenvalue weighted by Crippen LogP contribution is -2.60. The fourth-order valence-corrected chi connectivity index (χ4v) is 3.17. The van der Waals surface area contributed by atoms with Crippen LogP contribution in [0.15, 0.2) is 24.3 Å². The molecule has 21 heavy (non-hydrogen) atoms. The van der Waals surface area contributed by atoms with Crippen molar-refractivity contribution in [1.29, 1.82) is 0 Å². The Balaban J connectivity index is 2.70. The molecule has 1 aliphatic rings. The molecule has 2 unspecified atom stereocenters. The number of amides is 1. The minimum absolute atomic E-state index is 0.234. The number of carboxylic acids is 1. The fourth-order valence-electron chi connectivity index (χ4n) is 3.17. The van der Waals surface area contributed by atoms with E-state index < -0.39 is 11.5 Å². The van der Waals surface area contributed by atoms with Crippen molar-refractivity contribution >= 4 is 11.9 Å². The highest BCUT2D eigenvalue weighted by atomic mass is 16.5. The molecule has 1 amide bonds. The zero-order valence-corrected chi connectivity index (χ0v) is 12.6. The maximum Gasteiger partial charge on any atom is 0.334 e. The Morgan fingerprint density at radius 3 is 2.67 bits per heavy atom. The van der Waals surface area contributed by atoms with E-state index in [1.54, 1.807) is 24.3 Å². The first-order valence-corrected chi connectivity index (χ1v) is 7.20. The maximum atomic E-state index is 12.2. The van der Waals surface area contributed by atoms with E-state index in [0.29, 0.717) is 24.3 Å². The molecule has 5 nitrogen and oxygen atoms in total. The van der Waals surface area contributed by atoms with Gasteiger partial charge in [-0.2, -0.15) is 0 Å². The molecule has 0 bridgehead atoms. The molecule has 2 rings (SSSR count). The quantitative estimate of drug-likeness (QED) is 0.924. The zero-order chi connectivity index (χ0) is 15.6. The molecule has 0 spiro atoms. The number of hydrogen-bond acceptors (Lipinski definition) is 3. The Labute approximate surface area is 124 Å². The van der Waals surface area contributed by atoms with Crippen LogP contribution in [0.4, 0.5) is 0 Å². The Kier molecular flexibility index (Phi) is 4.21. The lowest BCUT2D eigenvalue weighted by Gasteiger charge is -2.47. The van der Waals surface area contributed by atoms with Crippen molar-refractivity contribution in [1.82, 2.24) is 4.90 Å². The summed E-state index contributed by atoms with van der Waals surface area (Å²) < 4.78 is 5.65. The van der Waals surface area contributed by atoms with Crippen LogP contribution in [-0.2, 0) is 15.1 Å². The lowest BCUT2D eigenvalue weighted by atomic mass is 9.75. The lowest BCUT2D eigenvalue weighted by molar-refractivity contribution is -0.167. The van der Waals surface area contributed by atoms with E-state index in [4.69, 9.17) is 4.74 Å². The molecule has 0 radical (unpaired) electrons. The number of rotatable bonds is 4. The van der Waals surface area contributed by atoms with Gasteiger partial charge < -0.3 is 14.7 Å². The predicted molar refractivity (Wildman–Crippen MR) is 78.1 cm³/mol. The van der Waals surface area contributed by atoms with Crippen LogP contribution >= 0.6 is 0 Å². The van der Waals surface area contributed by atoms with Gasteiger partial charge >= 0.3 is 5.97 Å². The summed E-state index contributed by atoms with van der Waals surface area (Å²) in [7, 11) is 0. The van der Waals surface area contributed by atoms with Gasteiger partial charge in [-0.15, -0.1) is 0 Å². The summed E-state index contributed by atoms with van der Waals surface area (Å²) in [6.07, 6.45) is 0.699. The molecule has 1 N–H and O–H groups in total. The van der Waals surface area contributed by atoms with Gasteiger partial charge in [-0.3, -0.25) is 4.79 Å². The second kappa shape index (κ2) is 5.76. The van der Waals surface area contributed by atoms with Gasteiger partial charge in [0.15, 0.2) is 5.54 Å². The van der Waals surface area contributed by atoms with E-state index in [2.05, 4.69) is 0 Å². The summed E-state index contributed by atoms with van der Waals surface area (Å²) >= 11 is 0. The first-order valence-electron chi connectivity index (χ1n) is 7.20. The smallest absolute Gasteiger partial charge is 0.334 e. The number of aliphatic carboxylic acids is 1. The fraction of sp³-hybridized carbons (Fsp3) is 0.500. The molecule has 114 valence electrons. The standard InChI is InChI=1S/C16H21NO4/c1-4-9-17(12(3)18)16(15(19)20)11(2)10-21-14-8-6-5-7-13(14)16/h5-8,11H,4,9-10H2,1-3H3,(H,19,20). The zero-order valence-electron chi connectivity index (χ0n) is 12.6. The maximum absolute atomic E-state index is 12.2. The molecule has 2 atom stereocenters. The van der Waals surface area contributed by atoms with Gasteiger partial charge in [0.1, 0.15) is 5.75 Å². The highest BCUT2D eigenvalue weighted by Gasteiger charge is 2.55. The first-order chi connectivity index (χ1) is 9.96. The van der Waals surface area contributed by atoms with E-state index in [-0.39, 0.29) is 18.4 Å². The van der Waals surface area contributed by atoms with E-state index in [9.17, 15) is 14.7 Å². The highest BCUT2D eigenvalue weighted by molar-refractivity contribution is 5.89. The molecule has 0 aliphatic carbocycles. The summed E-state index contributed by atoms with van der Waals surface area (Å²) in [5.41, 5.74) is -0.809. The van der Waals surface area contributed by atoms with Crippen LogP contribution in [0.25, 0.3) is 0 Å². The van der Waals surface area contributed by atoms with Gasteiger partial charge in [-0.25, -0.2) is 4.79 Å². The summed E-state index contributed by atoms with van der Waals surface area (Å²) in [6.45, 7) is 5.85. The number of carbonyl (C=O) groups is 2. The summed E-state index contributed by atoms with van der Waals surface area (Å²) in [6, 6.07) is 7.08. The van der Waals surface area contributed by atoms with E-state index in [1.807, 2.05) is 13.8 Å². The molecule has 1 aromatic carbocycles. The molecular weight excluding hydrogens is 270 g/mol. The SMILES string of the molecule is CCCN(C(C)=O)C1(C(=O)O)c2ccccc2OCC1C. The Morgan fingerprint density at radius 1 is 1.43 bits per heavy atom. The Bertz CT molecular complexity index is 557. The number of fused-ring (bicyclic) bond motifs is 1. The molecule has 1 aliphatic heterocycles. The second-order valence-corrected chi connectivity index (χ2v) is 5.45. The van der Waals surface area contributed by atoms with Crippen LogP contribution in [0.1, 0.15) is 32.8 Å². The van der Waals surface area contributed by atoms with Gasteiger partial charge in [0.25, 0.3) is 0 Å². The van der Waals surface area contributed by atoms with Crippen molar-refractivity contribution in [3.63, 3.8) is 0 Å². The number of nitrogens with zero attached hydrogens (tertiary/aromatic N) is 1. The molecule has 0 aromatic heterocycles. The largest absolute Gasteiger partial charge is 0.493 e. The third-order valence-electron chi connectivity index (χ3n) is 4.08. The minimum Gasteiger partial charge on any atom is -0.493 e. The number of para-hydroxylation sites is 1. The Morgan fingerprint density at radius 2 is 2.10 bits per heavy atom. The van der Waals surface area contributed by atoms with Crippen molar-refractivity contribution in [3.05, 3.63) is 29.8 Å². The van der Waals surface area contributed by atoms with Crippen LogP contribution in [0.5, 0.6) is 5.75 Å². The van der Waals surface area contributed by atoms with Gasteiger partial charge in [0.05, 0.1) is 6.61 Å². The van der Waals surface area contributed by atoms with Gasteiger partial charge in [-0.1, -0.05) is 32.0 Å². The van der Waals surface area contributed by atoms with Crippen LogP contribution < -0.4 is 4.74 Å². The first kappa shape index (κ1) is 15.4. The van der Waals surface area contributed by atoms with Crippen molar-refractivity contribution in [3.8, 4) is 5.75 Å². The topological polar surface area (TPSA) is 66.8 Å². The van der Waals surface area contributed by atoms with Gasteiger partial charge in [-0.05, 0) is 12.5 Å². The molecule has 1 aromatic rings. The third-order valence-corrected chi connectivity index (χ3v) is 4.08. The second-order valence-electron chi connectivity index (χ2n) is 5.45. The van der Waals surface area contributed by atoms with E-state index in [0.717, 1.165) is 0 Å². The number of hydrogen-bond donors (Lipinski definition) is 1. The molecule has 0 saturated carbocycles. The molecule has 5 heteroatoms. The monoisotopic (exact) mass is 291 g/mol. The predicted octanol–water partition coefficient (Wildman–Crippen LogP) is 2.25. The van der Waals surface area contributed by atoms with Crippen LogP contribution in [0, 0.1) is 5.92 Å². The van der Waals surface area contributed by atoms with Gasteiger partial charge in [0.2, 0.25) is 5.91 Å². The van der Waals surface area contributed by atoms with Gasteiger partial charge in [0, 0.05) is 24.9 Å². The van der Waals surface area contributed by atoms with Crippen LogP contribution in [0.2, 0.25) is 0 Å². The average molecular weight is 291 g/mol. The number of carboxylic acid groups (broad SMARTS) is 1. The van der Waals surface area contributed by atoms with E-state index in [1.165, 1.54) is 11.8 Å². The highest BCUT2D eigenvalue weighted by Crippen LogP contribution is 2.45. The molecule has 0 saturated heterocycles. The summed E-state index contributed by atoms with van der Waals surface area (Å²) in [5.74, 6) is -1.03. The minimum atomic E-state index is -1.36. The normalized spacial score (nSPS) is 23.9. The van der Waals surface area contributed by atoms with Crippen LogP contribution in [-0.4, -0.2) is 35.0 Å². The number of benzene rings is 1. The molecule has 1 heterocycles. The number of ether oxygens (including phenoxy) is 1. The van der Waals surface area contributed by atoms with Crippen molar-refractivity contribution in [2.24, 2.45) is 5.92 Å². The number of carbonyl (C=O) groups excluding carboxylic acids is 1. The van der Waals surface area contributed by atoms with Crippen molar-refractivity contribution in [2.45, 2.75) is 32.7 Å². The average Bonchev–Trinajstić information content (AvgIpc) is 2.45. The van der Waals surface area contributed by atoms with Crippen molar-refractivity contribution < 1.29 is 19.4 Å². The molecular formula is C16H21NO4. The van der Waals surface area contributed by atoms with Crippen molar-refractivity contribution in [2.75, 3.05) is 13.2 Å². The summed E-state index contributed by atoms with van der Waals surface area (Å²) in [4.78, 5) is 25.8. The van der Waals surface area contributed by atoms with Crippen LogP contribution in [0.3, 0.4) is 0 Å². The summed E-state index contributed by atoms with van der Waals surface area (Å²) in [5, 5.41) is 10.0. The third kappa shape index (κ3) is 2.26.